The quantitative estimate of drug-likeness (QED) is 0.878. The van der Waals surface area contributed by atoms with Gasteiger partial charge in [0, 0.05) is 0 Å². The molecule has 1 atom stereocenters. The monoisotopic (exact) mass is 337 g/mol. The minimum Gasteiger partial charge on any atom is -0.490 e. The highest BCUT2D eigenvalue weighted by Gasteiger charge is 2.34. The van der Waals surface area contributed by atoms with Crippen LogP contribution in [0.5, 0.6) is 11.5 Å². The van der Waals surface area contributed by atoms with Crippen molar-refractivity contribution >= 4 is 0 Å². The first-order chi connectivity index (χ1) is 11.4. The van der Waals surface area contributed by atoms with Gasteiger partial charge >= 0.3 is 6.18 Å². The van der Waals surface area contributed by atoms with E-state index in [1.807, 2.05) is 6.07 Å². The maximum Gasteiger partial charge on any atom is 0.417 e. The van der Waals surface area contributed by atoms with Gasteiger partial charge in [0.05, 0.1) is 23.8 Å². The van der Waals surface area contributed by atoms with E-state index in [-0.39, 0.29) is 12.4 Å². The van der Waals surface area contributed by atoms with Crippen LogP contribution in [0.2, 0.25) is 0 Å². The van der Waals surface area contributed by atoms with Crippen LogP contribution >= 0.6 is 0 Å². The minimum absolute atomic E-state index is 0.0398. The number of para-hydroxylation sites is 1. The number of ether oxygens (including phenoxy) is 2. The average Bonchev–Trinajstić information content (AvgIpc) is 2.58. The Labute approximate surface area is 136 Å². The molecule has 4 nitrogen and oxygen atoms in total. The fraction of sp³-hybridized carbons (Fsp3) is 0.235. The lowest BCUT2D eigenvalue weighted by atomic mass is 10.1. The van der Waals surface area contributed by atoms with Crippen molar-refractivity contribution in [2.24, 2.45) is 0 Å². The van der Waals surface area contributed by atoms with Crippen LogP contribution in [0.1, 0.15) is 11.1 Å². The first-order valence-electron chi connectivity index (χ1n) is 7.00. The third-order valence-corrected chi connectivity index (χ3v) is 3.10. The maximum absolute atomic E-state index is 12.9. The predicted octanol–water partition coefficient (Wildman–Crippen LogP) is 3.40. The van der Waals surface area contributed by atoms with Crippen LogP contribution in [0.25, 0.3) is 0 Å². The molecule has 2 rings (SSSR count). The lowest BCUT2D eigenvalue weighted by molar-refractivity contribution is -0.137. The van der Waals surface area contributed by atoms with E-state index < -0.39 is 30.0 Å². The van der Waals surface area contributed by atoms with Crippen LogP contribution in [-0.2, 0) is 6.18 Å². The summed E-state index contributed by atoms with van der Waals surface area (Å²) in [6, 6.07) is 13.3. The van der Waals surface area contributed by atoms with E-state index in [1.165, 1.54) is 12.1 Å². The molecule has 0 aliphatic rings. The highest BCUT2D eigenvalue weighted by atomic mass is 19.4. The van der Waals surface area contributed by atoms with Crippen molar-refractivity contribution in [3.63, 3.8) is 0 Å². The number of hydrogen-bond acceptors (Lipinski definition) is 4. The molecule has 0 unspecified atom stereocenters. The summed E-state index contributed by atoms with van der Waals surface area (Å²) in [5.74, 6) is 0.451. The van der Waals surface area contributed by atoms with E-state index in [4.69, 9.17) is 14.7 Å². The standard InChI is InChI=1S/C17H14F3NO3/c18-17(19,20)16-8-14(7-6-12(16)9-21)24-15(10-22)11-23-13-4-2-1-3-5-13/h1-8,15,22H,10-11H2/t15-/m1/s1. The molecule has 0 heterocycles. The number of aliphatic hydroxyl groups is 1. The Morgan fingerprint density at radius 2 is 1.79 bits per heavy atom. The number of nitrogens with zero attached hydrogens (tertiary/aromatic N) is 1. The van der Waals surface area contributed by atoms with Gasteiger partial charge in [0.1, 0.15) is 18.1 Å². The van der Waals surface area contributed by atoms with Gasteiger partial charge in [-0.25, -0.2) is 0 Å². The fourth-order valence-electron chi connectivity index (χ4n) is 1.95. The Bertz CT molecular complexity index is 711. The molecule has 2 aromatic carbocycles. The van der Waals surface area contributed by atoms with Crippen LogP contribution < -0.4 is 9.47 Å². The number of rotatable bonds is 6. The summed E-state index contributed by atoms with van der Waals surface area (Å²) in [7, 11) is 0. The third kappa shape index (κ3) is 4.64. The predicted molar refractivity (Wildman–Crippen MR) is 79.6 cm³/mol. The summed E-state index contributed by atoms with van der Waals surface area (Å²) in [4.78, 5) is 0. The lowest BCUT2D eigenvalue weighted by Gasteiger charge is -2.19. The number of alkyl halides is 3. The first kappa shape index (κ1) is 17.6. The molecule has 0 saturated heterocycles. The van der Waals surface area contributed by atoms with Crippen molar-refractivity contribution in [2.75, 3.05) is 13.2 Å². The summed E-state index contributed by atoms with van der Waals surface area (Å²) >= 11 is 0. The van der Waals surface area contributed by atoms with Gasteiger partial charge in [-0.2, -0.15) is 18.4 Å². The Morgan fingerprint density at radius 1 is 1.08 bits per heavy atom. The number of benzene rings is 2. The Hall–Kier alpha value is -2.72. The molecule has 0 radical (unpaired) electrons. The molecule has 0 fully saturated rings. The maximum atomic E-state index is 12.9. The van der Waals surface area contributed by atoms with E-state index in [2.05, 4.69) is 0 Å². The molecule has 126 valence electrons. The molecule has 0 amide bonds. The third-order valence-electron chi connectivity index (χ3n) is 3.10. The largest absolute Gasteiger partial charge is 0.490 e. The second-order valence-electron chi connectivity index (χ2n) is 4.86. The molecule has 0 aromatic heterocycles. The Kier molecular flexibility index (Phi) is 5.66. The van der Waals surface area contributed by atoms with Crippen LogP contribution in [0, 0.1) is 11.3 Å². The molecule has 24 heavy (non-hydrogen) atoms. The zero-order chi connectivity index (χ0) is 17.6. The van der Waals surface area contributed by atoms with Crippen LogP contribution in [-0.4, -0.2) is 24.4 Å². The number of hydrogen-bond donors (Lipinski definition) is 1. The van der Waals surface area contributed by atoms with E-state index in [0.717, 1.165) is 12.1 Å². The summed E-state index contributed by atoms with van der Waals surface area (Å²) in [6.07, 6.45) is -5.51. The molecule has 2 aromatic rings. The van der Waals surface area contributed by atoms with Crippen molar-refractivity contribution in [1.82, 2.24) is 0 Å². The lowest BCUT2D eigenvalue weighted by Crippen LogP contribution is -2.28. The van der Waals surface area contributed by atoms with Gasteiger partial charge in [0.15, 0.2) is 6.10 Å². The Morgan fingerprint density at radius 3 is 2.38 bits per heavy atom. The molecule has 0 bridgehead atoms. The normalized spacial score (nSPS) is 12.3. The number of halogens is 3. The van der Waals surface area contributed by atoms with Crippen LogP contribution in [0.15, 0.2) is 48.5 Å². The molecule has 0 saturated carbocycles. The van der Waals surface area contributed by atoms with Gasteiger partial charge in [-0.3, -0.25) is 0 Å². The SMILES string of the molecule is N#Cc1ccc(O[C@H](CO)COc2ccccc2)cc1C(F)(F)F. The highest BCUT2D eigenvalue weighted by Crippen LogP contribution is 2.34. The second kappa shape index (κ2) is 7.70. The molecule has 0 spiro atoms. The van der Waals surface area contributed by atoms with Gasteiger partial charge < -0.3 is 14.6 Å². The molecule has 0 aliphatic carbocycles. The molecular formula is C17H14F3NO3. The zero-order valence-electron chi connectivity index (χ0n) is 12.5. The van der Waals surface area contributed by atoms with Gasteiger partial charge in [0.25, 0.3) is 0 Å². The van der Waals surface area contributed by atoms with Gasteiger partial charge in [0.2, 0.25) is 0 Å². The van der Waals surface area contributed by atoms with Crippen molar-refractivity contribution < 1.29 is 27.8 Å². The van der Waals surface area contributed by atoms with Crippen LogP contribution in [0.4, 0.5) is 13.2 Å². The summed E-state index contributed by atoms with van der Waals surface area (Å²) < 4.78 is 49.5. The Balaban J connectivity index is 2.09. The fourth-order valence-corrected chi connectivity index (χ4v) is 1.95. The van der Waals surface area contributed by atoms with Gasteiger partial charge in [-0.15, -0.1) is 0 Å². The van der Waals surface area contributed by atoms with Gasteiger partial charge in [-0.05, 0) is 30.3 Å². The van der Waals surface area contributed by atoms with Crippen LogP contribution in [0.3, 0.4) is 0 Å². The number of nitriles is 1. The zero-order valence-corrected chi connectivity index (χ0v) is 12.5. The van der Waals surface area contributed by atoms with Crippen molar-refractivity contribution in [2.45, 2.75) is 12.3 Å². The van der Waals surface area contributed by atoms with Gasteiger partial charge in [-0.1, -0.05) is 18.2 Å². The first-order valence-corrected chi connectivity index (χ1v) is 7.00. The van der Waals surface area contributed by atoms with E-state index in [9.17, 15) is 18.3 Å². The summed E-state index contributed by atoms with van der Waals surface area (Å²) in [5, 5.41) is 18.1. The van der Waals surface area contributed by atoms with E-state index >= 15 is 0 Å². The average molecular weight is 337 g/mol. The number of aliphatic hydroxyl groups excluding tert-OH is 1. The molecule has 1 N–H and O–H groups in total. The van der Waals surface area contributed by atoms with Crippen molar-refractivity contribution in [3.8, 4) is 17.6 Å². The van der Waals surface area contributed by atoms with Crippen molar-refractivity contribution in [1.29, 1.82) is 5.26 Å². The smallest absolute Gasteiger partial charge is 0.417 e. The molecular weight excluding hydrogens is 323 g/mol. The summed E-state index contributed by atoms with van der Waals surface area (Å²) in [6.45, 7) is -0.476. The summed E-state index contributed by atoms with van der Waals surface area (Å²) in [5.41, 5.74) is -1.57. The van der Waals surface area contributed by atoms with Crippen molar-refractivity contribution in [3.05, 3.63) is 59.7 Å². The topological polar surface area (TPSA) is 62.5 Å². The second-order valence-corrected chi connectivity index (χ2v) is 4.86. The van der Waals surface area contributed by atoms with E-state index in [1.54, 1.807) is 24.3 Å². The highest BCUT2D eigenvalue weighted by molar-refractivity contribution is 5.44. The minimum atomic E-state index is -4.67. The van der Waals surface area contributed by atoms with E-state index in [0.29, 0.717) is 5.75 Å². The molecule has 0 aliphatic heterocycles. The molecule has 7 heteroatoms.